The van der Waals surface area contributed by atoms with E-state index in [1.165, 1.54) is 0 Å². The van der Waals surface area contributed by atoms with Gasteiger partial charge in [-0.15, -0.1) is 0 Å². The first kappa shape index (κ1) is 13.9. The highest BCUT2D eigenvalue weighted by atomic mass is 16.1. The molecule has 0 saturated carbocycles. The first-order valence-corrected chi connectivity index (χ1v) is 6.34. The summed E-state index contributed by atoms with van der Waals surface area (Å²) in [6.45, 7) is 6.92. The van der Waals surface area contributed by atoms with Crippen LogP contribution in [0.2, 0.25) is 0 Å². The Balaban J connectivity index is 2.58. The van der Waals surface area contributed by atoms with Crippen LogP contribution in [-0.4, -0.2) is 12.3 Å². The van der Waals surface area contributed by atoms with Crippen molar-refractivity contribution in [1.82, 2.24) is 0 Å². The molecule has 2 nitrogen and oxygen atoms in total. The Morgan fingerprint density at radius 2 is 1.76 bits per heavy atom. The van der Waals surface area contributed by atoms with E-state index < -0.39 is 0 Å². The molecule has 0 aliphatic heterocycles. The standard InChI is InChI=1S/C15H23NO/c1-11(6-7-16)4-5-15(17)14-9-12(2)8-13(3)10-14/h8-11H,4-7,16H2,1-3H3. The third-order valence-electron chi connectivity index (χ3n) is 3.07. The average molecular weight is 233 g/mol. The third kappa shape index (κ3) is 4.70. The zero-order valence-corrected chi connectivity index (χ0v) is 11.1. The monoisotopic (exact) mass is 233 g/mol. The van der Waals surface area contributed by atoms with Gasteiger partial charge in [-0.05, 0) is 51.3 Å². The summed E-state index contributed by atoms with van der Waals surface area (Å²) in [4.78, 5) is 12.0. The van der Waals surface area contributed by atoms with Gasteiger partial charge >= 0.3 is 0 Å². The van der Waals surface area contributed by atoms with Crippen LogP contribution in [0.3, 0.4) is 0 Å². The molecule has 0 saturated heterocycles. The number of carbonyl (C=O) groups is 1. The molecule has 0 heterocycles. The van der Waals surface area contributed by atoms with Crippen molar-refractivity contribution >= 4 is 5.78 Å². The van der Waals surface area contributed by atoms with Crippen molar-refractivity contribution in [3.63, 3.8) is 0 Å². The topological polar surface area (TPSA) is 43.1 Å². The van der Waals surface area contributed by atoms with E-state index in [1.807, 2.05) is 26.0 Å². The predicted octanol–water partition coefficient (Wildman–Crippen LogP) is 3.25. The van der Waals surface area contributed by atoms with Gasteiger partial charge < -0.3 is 5.73 Å². The summed E-state index contributed by atoms with van der Waals surface area (Å²) in [7, 11) is 0. The second-order valence-corrected chi connectivity index (χ2v) is 5.02. The maximum absolute atomic E-state index is 12.0. The summed E-state index contributed by atoms with van der Waals surface area (Å²) in [6, 6.07) is 6.04. The van der Waals surface area contributed by atoms with E-state index in [2.05, 4.69) is 13.0 Å². The molecule has 0 amide bonds. The SMILES string of the molecule is Cc1cc(C)cc(C(=O)CCC(C)CCN)c1. The quantitative estimate of drug-likeness (QED) is 0.766. The van der Waals surface area contributed by atoms with E-state index in [0.717, 1.165) is 29.5 Å². The van der Waals surface area contributed by atoms with Crippen LogP contribution in [0.1, 0.15) is 47.7 Å². The van der Waals surface area contributed by atoms with Crippen molar-refractivity contribution in [2.24, 2.45) is 11.7 Å². The number of hydrogen-bond donors (Lipinski definition) is 1. The van der Waals surface area contributed by atoms with Crippen molar-refractivity contribution in [2.75, 3.05) is 6.54 Å². The largest absolute Gasteiger partial charge is 0.330 e. The fourth-order valence-electron chi connectivity index (χ4n) is 2.09. The van der Waals surface area contributed by atoms with Crippen LogP contribution in [0, 0.1) is 19.8 Å². The zero-order valence-electron chi connectivity index (χ0n) is 11.1. The van der Waals surface area contributed by atoms with E-state index in [0.29, 0.717) is 18.9 Å². The fourth-order valence-corrected chi connectivity index (χ4v) is 2.09. The average Bonchev–Trinajstić information content (AvgIpc) is 2.25. The second-order valence-electron chi connectivity index (χ2n) is 5.02. The van der Waals surface area contributed by atoms with Gasteiger partial charge in [0.2, 0.25) is 0 Å². The molecular formula is C15H23NO. The highest BCUT2D eigenvalue weighted by Gasteiger charge is 2.09. The van der Waals surface area contributed by atoms with E-state index >= 15 is 0 Å². The number of carbonyl (C=O) groups excluding carboxylic acids is 1. The van der Waals surface area contributed by atoms with Gasteiger partial charge in [0.05, 0.1) is 0 Å². The van der Waals surface area contributed by atoms with Gasteiger partial charge in [-0.25, -0.2) is 0 Å². The van der Waals surface area contributed by atoms with Crippen LogP contribution in [0.15, 0.2) is 18.2 Å². The molecule has 0 spiro atoms. The number of ketones is 1. The van der Waals surface area contributed by atoms with E-state index in [1.54, 1.807) is 0 Å². The van der Waals surface area contributed by atoms with Gasteiger partial charge in [0.25, 0.3) is 0 Å². The lowest BCUT2D eigenvalue weighted by molar-refractivity contribution is 0.0974. The lowest BCUT2D eigenvalue weighted by Gasteiger charge is -2.09. The molecule has 0 aliphatic rings. The molecule has 1 aromatic rings. The summed E-state index contributed by atoms with van der Waals surface area (Å²) in [5.41, 5.74) is 8.66. The molecule has 0 aliphatic carbocycles. The normalized spacial score (nSPS) is 12.5. The minimum absolute atomic E-state index is 0.251. The zero-order chi connectivity index (χ0) is 12.8. The van der Waals surface area contributed by atoms with E-state index in [4.69, 9.17) is 5.73 Å². The first-order valence-electron chi connectivity index (χ1n) is 6.34. The van der Waals surface area contributed by atoms with Crippen molar-refractivity contribution in [3.8, 4) is 0 Å². The molecule has 1 atom stereocenters. The van der Waals surface area contributed by atoms with Crippen molar-refractivity contribution in [2.45, 2.75) is 40.0 Å². The van der Waals surface area contributed by atoms with Crippen molar-refractivity contribution in [3.05, 3.63) is 34.9 Å². The number of aryl methyl sites for hydroxylation is 2. The Bertz CT molecular complexity index is 364. The molecule has 0 fully saturated rings. The Morgan fingerprint density at radius 1 is 1.18 bits per heavy atom. The van der Waals surface area contributed by atoms with E-state index in [9.17, 15) is 4.79 Å². The smallest absolute Gasteiger partial charge is 0.162 e. The Morgan fingerprint density at radius 3 is 2.29 bits per heavy atom. The molecule has 0 radical (unpaired) electrons. The summed E-state index contributed by atoms with van der Waals surface area (Å²) in [5.74, 6) is 0.788. The lowest BCUT2D eigenvalue weighted by Crippen LogP contribution is -2.08. The number of Topliss-reactive ketones (excluding diaryl/α,β-unsaturated/α-hetero) is 1. The van der Waals surface area contributed by atoms with Gasteiger partial charge in [-0.1, -0.05) is 24.1 Å². The van der Waals surface area contributed by atoms with Crippen LogP contribution in [0.25, 0.3) is 0 Å². The van der Waals surface area contributed by atoms with Gasteiger partial charge in [0, 0.05) is 12.0 Å². The van der Waals surface area contributed by atoms with Crippen LogP contribution < -0.4 is 5.73 Å². The number of hydrogen-bond acceptors (Lipinski definition) is 2. The fraction of sp³-hybridized carbons (Fsp3) is 0.533. The lowest BCUT2D eigenvalue weighted by atomic mass is 9.96. The molecule has 94 valence electrons. The summed E-state index contributed by atoms with van der Waals surface area (Å²) in [6.07, 6.45) is 2.56. The second kappa shape index (κ2) is 6.55. The molecule has 2 N–H and O–H groups in total. The first-order chi connectivity index (χ1) is 8.02. The van der Waals surface area contributed by atoms with Gasteiger partial charge in [0.1, 0.15) is 0 Å². The molecular weight excluding hydrogens is 210 g/mol. The molecule has 17 heavy (non-hydrogen) atoms. The van der Waals surface area contributed by atoms with Gasteiger partial charge in [0.15, 0.2) is 5.78 Å². The summed E-state index contributed by atoms with van der Waals surface area (Å²) < 4.78 is 0. The minimum Gasteiger partial charge on any atom is -0.330 e. The summed E-state index contributed by atoms with van der Waals surface area (Å²) >= 11 is 0. The number of benzene rings is 1. The van der Waals surface area contributed by atoms with Gasteiger partial charge in [-0.3, -0.25) is 4.79 Å². The Labute approximate surface area is 104 Å². The maximum Gasteiger partial charge on any atom is 0.162 e. The van der Waals surface area contributed by atoms with Crippen molar-refractivity contribution < 1.29 is 4.79 Å². The number of nitrogens with two attached hydrogens (primary N) is 1. The van der Waals surface area contributed by atoms with Gasteiger partial charge in [-0.2, -0.15) is 0 Å². The van der Waals surface area contributed by atoms with Crippen LogP contribution in [0.5, 0.6) is 0 Å². The summed E-state index contributed by atoms with van der Waals surface area (Å²) in [5, 5.41) is 0. The molecule has 1 rings (SSSR count). The van der Waals surface area contributed by atoms with Crippen LogP contribution >= 0.6 is 0 Å². The minimum atomic E-state index is 0.251. The molecule has 1 aromatic carbocycles. The molecule has 1 unspecified atom stereocenters. The predicted molar refractivity (Wildman–Crippen MR) is 72.3 cm³/mol. The molecule has 0 aromatic heterocycles. The van der Waals surface area contributed by atoms with E-state index in [-0.39, 0.29) is 5.78 Å². The number of rotatable bonds is 6. The maximum atomic E-state index is 12.0. The van der Waals surface area contributed by atoms with Crippen molar-refractivity contribution in [1.29, 1.82) is 0 Å². The third-order valence-corrected chi connectivity index (χ3v) is 3.07. The van der Waals surface area contributed by atoms with Crippen LogP contribution in [-0.2, 0) is 0 Å². The Kier molecular flexibility index (Phi) is 5.36. The molecule has 0 bridgehead atoms. The highest BCUT2D eigenvalue weighted by Crippen LogP contribution is 2.15. The molecule has 2 heteroatoms. The van der Waals surface area contributed by atoms with Crippen LogP contribution in [0.4, 0.5) is 0 Å². The highest BCUT2D eigenvalue weighted by molar-refractivity contribution is 5.96. The Hall–Kier alpha value is -1.15.